The first-order chi connectivity index (χ1) is 10.1. The topological polar surface area (TPSA) is 40.5 Å². The zero-order valence-corrected chi connectivity index (χ0v) is 12.9. The van der Waals surface area contributed by atoms with Crippen LogP contribution in [0.25, 0.3) is 0 Å². The molecular formula is C18H23NO2. The lowest BCUT2D eigenvalue weighted by atomic mass is 9.96. The lowest BCUT2D eigenvalue weighted by Crippen LogP contribution is -2.40. The van der Waals surface area contributed by atoms with Crippen LogP contribution in [0.4, 0.5) is 0 Å². The van der Waals surface area contributed by atoms with Crippen molar-refractivity contribution in [3.8, 4) is 12.0 Å². The van der Waals surface area contributed by atoms with Crippen molar-refractivity contribution in [1.82, 2.24) is 4.90 Å². The second kappa shape index (κ2) is 6.78. The molecule has 0 fully saturated rings. The first-order valence-corrected chi connectivity index (χ1v) is 7.80. The van der Waals surface area contributed by atoms with Gasteiger partial charge in [-0.15, -0.1) is 0 Å². The Hall–Kier alpha value is -1.79. The summed E-state index contributed by atoms with van der Waals surface area (Å²) in [6.45, 7) is 4.18. The van der Waals surface area contributed by atoms with E-state index in [1.807, 2.05) is 18.2 Å². The molecule has 0 saturated carbocycles. The molecule has 0 aliphatic carbocycles. The van der Waals surface area contributed by atoms with Gasteiger partial charge in [-0.1, -0.05) is 50.8 Å². The molecule has 1 N–H and O–H groups in total. The summed E-state index contributed by atoms with van der Waals surface area (Å²) >= 11 is 0. The Morgan fingerprint density at radius 1 is 1.19 bits per heavy atom. The Kier molecular flexibility index (Phi) is 5.03. The van der Waals surface area contributed by atoms with Crippen molar-refractivity contribution < 1.29 is 9.90 Å². The van der Waals surface area contributed by atoms with Crippen molar-refractivity contribution in [2.24, 2.45) is 0 Å². The highest BCUT2D eigenvalue weighted by Crippen LogP contribution is 2.40. The van der Waals surface area contributed by atoms with Gasteiger partial charge in [-0.3, -0.25) is 4.79 Å². The molecule has 0 aromatic heterocycles. The zero-order valence-electron chi connectivity index (χ0n) is 12.9. The summed E-state index contributed by atoms with van der Waals surface area (Å²) in [5, 5.41) is 11.1. The van der Waals surface area contributed by atoms with Crippen LogP contribution in [0.2, 0.25) is 0 Å². The molecule has 0 spiro atoms. The number of hydrogen-bond donors (Lipinski definition) is 1. The van der Waals surface area contributed by atoms with Gasteiger partial charge in [0.1, 0.15) is 0 Å². The number of carbonyl (C=O) groups is 1. The van der Waals surface area contributed by atoms with E-state index in [0.717, 1.165) is 32.1 Å². The smallest absolute Gasteiger partial charge is 0.268 e. The molecule has 1 atom stereocenters. The van der Waals surface area contributed by atoms with Gasteiger partial charge < -0.3 is 5.11 Å². The van der Waals surface area contributed by atoms with Crippen LogP contribution in [0.15, 0.2) is 24.3 Å². The lowest BCUT2D eigenvalue weighted by Gasteiger charge is -2.30. The summed E-state index contributed by atoms with van der Waals surface area (Å²) < 4.78 is 0. The monoisotopic (exact) mass is 285 g/mol. The van der Waals surface area contributed by atoms with Crippen molar-refractivity contribution in [2.45, 2.75) is 58.1 Å². The molecule has 0 radical (unpaired) electrons. The Labute approximate surface area is 127 Å². The van der Waals surface area contributed by atoms with E-state index in [1.165, 1.54) is 4.90 Å². The highest BCUT2D eigenvalue weighted by molar-refractivity contribution is 6.00. The van der Waals surface area contributed by atoms with E-state index in [9.17, 15) is 9.90 Å². The maximum absolute atomic E-state index is 12.5. The van der Waals surface area contributed by atoms with Gasteiger partial charge in [0.25, 0.3) is 5.91 Å². The molecule has 3 heteroatoms. The zero-order chi connectivity index (χ0) is 15.3. The lowest BCUT2D eigenvalue weighted by molar-refractivity contribution is -0.0643. The van der Waals surface area contributed by atoms with Crippen molar-refractivity contribution >= 4 is 5.91 Å². The van der Waals surface area contributed by atoms with Crippen molar-refractivity contribution in [2.75, 3.05) is 0 Å². The Morgan fingerprint density at radius 2 is 1.90 bits per heavy atom. The number of hydrogen-bond acceptors (Lipinski definition) is 2. The van der Waals surface area contributed by atoms with Crippen LogP contribution in [-0.4, -0.2) is 15.9 Å². The minimum atomic E-state index is -1.27. The number of carbonyl (C=O) groups excluding carboxylic acids is 1. The maximum Gasteiger partial charge on any atom is 0.268 e. The van der Waals surface area contributed by atoms with E-state index >= 15 is 0 Å². The fourth-order valence-corrected chi connectivity index (χ4v) is 2.64. The van der Waals surface area contributed by atoms with Gasteiger partial charge in [-0.05, 0) is 18.9 Å². The quantitative estimate of drug-likeness (QED) is 0.663. The third-order valence-electron chi connectivity index (χ3n) is 3.89. The number of nitrogens with zero attached hydrogens (tertiary/aromatic N) is 1. The van der Waals surface area contributed by atoms with E-state index < -0.39 is 5.72 Å². The highest BCUT2D eigenvalue weighted by atomic mass is 16.3. The van der Waals surface area contributed by atoms with Gasteiger partial charge in [0.05, 0.1) is 0 Å². The molecule has 1 aromatic rings. The normalized spacial score (nSPS) is 20.1. The summed E-state index contributed by atoms with van der Waals surface area (Å²) in [5.41, 5.74) is -0.0164. The van der Waals surface area contributed by atoms with Crippen LogP contribution in [0, 0.1) is 12.0 Å². The Bertz CT molecular complexity index is 570. The molecule has 1 heterocycles. The second-order valence-electron chi connectivity index (χ2n) is 5.50. The van der Waals surface area contributed by atoms with E-state index in [-0.39, 0.29) is 5.91 Å². The van der Waals surface area contributed by atoms with Crippen LogP contribution in [-0.2, 0) is 5.72 Å². The molecule has 0 bridgehead atoms. The number of rotatable bonds is 5. The SMILES string of the molecule is CCCCC#CN1C(=O)c2ccccc2C1(O)CCCC. The van der Waals surface area contributed by atoms with E-state index in [4.69, 9.17) is 0 Å². The molecule has 1 aliphatic rings. The minimum absolute atomic E-state index is 0.187. The Balaban J connectivity index is 2.34. The third-order valence-corrected chi connectivity index (χ3v) is 3.89. The second-order valence-corrected chi connectivity index (χ2v) is 5.50. The summed E-state index contributed by atoms with van der Waals surface area (Å²) in [5.74, 6) is 2.83. The van der Waals surface area contributed by atoms with Gasteiger partial charge in [0.15, 0.2) is 5.72 Å². The average Bonchev–Trinajstić information content (AvgIpc) is 2.72. The van der Waals surface area contributed by atoms with Crippen LogP contribution < -0.4 is 0 Å². The molecule has 1 amide bonds. The predicted molar refractivity (Wildman–Crippen MR) is 83.3 cm³/mol. The molecule has 112 valence electrons. The number of benzene rings is 1. The van der Waals surface area contributed by atoms with Crippen LogP contribution in [0.1, 0.15) is 68.3 Å². The van der Waals surface area contributed by atoms with Crippen molar-refractivity contribution in [1.29, 1.82) is 0 Å². The minimum Gasteiger partial charge on any atom is -0.366 e. The van der Waals surface area contributed by atoms with Gasteiger partial charge in [0, 0.05) is 30.0 Å². The maximum atomic E-state index is 12.5. The van der Waals surface area contributed by atoms with E-state index in [2.05, 4.69) is 25.8 Å². The Morgan fingerprint density at radius 3 is 2.62 bits per heavy atom. The first kappa shape index (κ1) is 15.6. The van der Waals surface area contributed by atoms with Crippen LogP contribution >= 0.6 is 0 Å². The molecule has 1 aliphatic heterocycles. The first-order valence-electron chi connectivity index (χ1n) is 7.80. The number of amides is 1. The number of unbranched alkanes of at least 4 members (excludes halogenated alkanes) is 3. The van der Waals surface area contributed by atoms with Crippen LogP contribution in [0.3, 0.4) is 0 Å². The summed E-state index contributed by atoms with van der Waals surface area (Å²) in [6, 6.07) is 10.2. The van der Waals surface area contributed by atoms with Crippen molar-refractivity contribution in [3.63, 3.8) is 0 Å². The molecule has 2 rings (SSSR count). The van der Waals surface area contributed by atoms with Gasteiger partial charge in [0.2, 0.25) is 0 Å². The summed E-state index contributed by atoms with van der Waals surface area (Å²) in [6.07, 6.45) is 5.18. The highest BCUT2D eigenvalue weighted by Gasteiger charge is 2.47. The van der Waals surface area contributed by atoms with Gasteiger partial charge in [-0.2, -0.15) is 0 Å². The third kappa shape index (κ3) is 2.96. The van der Waals surface area contributed by atoms with E-state index in [0.29, 0.717) is 17.5 Å². The number of aliphatic hydroxyl groups is 1. The van der Waals surface area contributed by atoms with E-state index in [1.54, 1.807) is 6.07 Å². The largest absolute Gasteiger partial charge is 0.366 e. The standard InChI is InChI=1S/C18H23NO2/c1-3-5-7-10-14-19-17(20)15-11-8-9-12-16(15)18(19,21)13-6-4-2/h8-9,11-12,21H,3-7,13H2,1-2H3. The molecule has 1 unspecified atom stereocenters. The molecule has 0 saturated heterocycles. The average molecular weight is 285 g/mol. The predicted octanol–water partition coefficient (Wildman–Crippen LogP) is 3.63. The van der Waals surface area contributed by atoms with Gasteiger partial charge in [-0.25, -0.2) is 4.90 Å². The molecular weight excluding hydrogens is 262 g/mol. The van der Waals surface area contributed by atoms with Gasteiger partial charge >= 0.3 is 0 Å². The number of fused-ring (bicyclic) bond motifs is 1. The molecule has 21 heavy (non-hydrogen) atoms. The summed E-state index contributed by atoms with van der Waals surface area (Å²) in [7, 11) is 0. The summed E-state index contributed by atoms with van der Waals surface area (Å²) in [4.78, 5) is 13.8. The fraction of sp³-hybridized carbons (Fsp3) is 0.500. The van der Waals surface area contributed by atoms with Crippen LogP contribution in [0.5, 0.6) is 0 Å². The van der Waals surface area contributed by atoms with Crippen molar-refractivity contribution in [3.05, 3.63) is 35.4 Å². The molecule has 3 nitrogen and oxygen atoms in total. The molecule has 1 aromatic carbocycles. The fourth-order valence-electron chi connectivity index (χ4n) is 2.64.